The van der Waals surface area contributed by atoms with Crippen molar-refractivity contribution in [1.82, 2.24) is 10.2 Å². The minimum Gasteiger partial charge on any atom is -0.381 e. The number of morpholine rings is 1. The van der Waals surface area contributed by atoms with Gasteiger partial charge in [0.05, 0.1) is 19.3 Å². The van der Waals surface area contributed by atoms with Crippen LogP contribution in [-0.2, 0) is 14.3 Å². The summed E-state index contributed by atoms with van der Waals surface area (Å²) in [6, 6.07) is -0.170. The lowest BCUT2D eigenvalue weighted by molar-refractivity contribution is -0.138. The SMILES string of the molecule is C[C@H]1OCCN[C@@H]1C(=O)N1CCC2(CCOC2)C1. The lowest BCUT2D eigenvalue weighted by Gasteiger charge is -2.32. The Morgan fingerprint density at radius 3 is 3.00 bits per heavy atom. The Kier molecular flexibility index (Phi) is 3.30. The van der Waals surface area contributed by atoms with Crippen LogP contribution in [0.4, 0.5) is 0 Å². The van der Waals surface area contributed by atoms with Crippen molar-refractivity contribution in [3.63, 3.8) is 0 Å². The van der Waals surface area contributed by atoms with Crippen LogP contribution in [0.5, 0.6) is 0 Å². The van der Waals surface area contributed by atoms with E-state index in [4.69, 9.17) is 9.47 Å². The highest BCUT2D eigenvalue weighted by atomic mass is 16.5. The molecule has 3 heterocycles. The van der Waals surface area contributed by atoms with Crippen LogP contribution >= 0.6 is 0 Å². The van der Waals surface area contributed by atoms with Gasteiger partial charge < -0.3 is 19.7 Å². The molecule has 0 aromatic rings. The van der Waals surface area contributed by atoms with Crippen LogP contribution < -0.4 is 5.32 Å². The van der Waals surface area contributed by atoms with E-state index in [0.717, 1.165) is 45.7 Å². The number of carbonyl (C=O) groups is 1. The molecule has 1 N–H and O–H groups in total. The Labute approximate surface area is 108 Å². The van der Waals surface area contributed by atoms with Crippen molar-refractivity contribution in [2.75, 3.05) is 39.5 Å². The van der Waals surface area contributed by atoms with E-state index in [1.807, 2.05) is 11.8 Å². The number of hydrogen-bond acceptors (Lipinski definition) is 4. The molecule has 3 aliphatic heterocycles. The summed E-state index contributed by atoms with van der Waals surface area (Å²) in [5.74, 6) is 0.200. The van der Waals surface area contributed by atoms with E-state index in [-0.39, 0.29) is 23.5 Å². The first-order valence-electron chi connectivity index (χ1n) is 6.92. The number of hydrogen-bond donors (Lipinski definition) is 1. The Morgan fingerprint density at radius 1 is 1.39 bits per heavy atom. The van der Waals surface area contributed by atoms with Crippen molar-refractivity contribution >= 4 is 5.91 Å². The van der Waals surface area contributed by atoms with Crippen LogP contribution in [0, 0.1) is 5.41 Å². The maximum Gasteiger partial charge on any atom is 0.242 e. The van der Waals surface area contributed by atoms with Gasteiger partial charge >= 0.3 is 0 Å². The van der Waals surface area contributed by atoms with Gasteiger partial charge in [0, 0.05) is 31.7 Å². The maximum absolute atomic E-state index is 12.5. The zero-order valence-corrected chi connectivity index (χ0v) is 11.0. The fourth-order valence-corrected chi connectivity index (χ4v) is 3.30. The second kappa shape index (κ2) is 4.79. The van der Waals surface area contributed by atoms with Crippen molar-refractivity contribution in [3.05, 3.63) is 0 Å². The first-order chi connectivity index (χ1) is 8.70. The van der Waals surface area contributed by atoms with Gasteiger partial charge in [0.15, 0.2) is 0 Å². The van der Waals surface area contributed by atoms with Gasteiger partial charge in [0.25, 0.3) is 0 Å². The highest BCUT2D eigenvalue weighted by Crippen LogP contribution is 2.38. The quantitative estimate of drug-likeness (QED) is 0.716. The molecule has 3 rings (SSSR count). The molecule has 3 fully saturated rings. The molecule has 1 spiro atoms. The van der Waals surface area contributed by atoms with Gasteiger partial charge in [0.1, 0.15) is 6.04 Å². The molecule has 0 radical (unpaired) electrons. The number of rotatable bonds is 1. The topological polar surface area (TPSA) is 50.8 Å². The third-order valence-electron chi connectivity index (χ3n) is 4.52. The van der Waals surface area contributed by atoms with E-state index in [1.165, 1.54) is 0 Å². The molecule has 1 amide bonds. The van der Waals surface area contributed by atoms with E-state index in [9.17, 15) is 4.79 Å². The molecule has 0 saturated carbocycles. The van der Waals surface area contributed by atoms with Gasteiger partial charge in [0.2, 0.25) is 5.91 Å². The van der Waals surface area contributed by atoms with Gasteiger partial charge in [-0.25, -0.2) is 0 Å². The lowest BCUT2D eigenvalue weighted by atomic mass is 9.87. The van der Waals surface area contributed by atoms with Gasteiger partial charge in [-0.3, -0.25) is 4.79 Å². The van der Waals surface area contributed by atoms with Crippen molar-refractivity contribution in [2.24, 2.45) is 5.41 Å². The number of ether oxygens (including phenoxy) is 2. The Bertz CT molecular complexity index is 328. The molecule has 102 valence electrons. The van der Waals surface area contributed by atoms with Crippen molar-refractivity contribution in [3.8, 4) is 0 Å². The zero-order valence-electron chi connectivity index (χ0n) is 11.0. The molecule has 5 nitrogen and oxygen atoms in total. The summed E-state index contributed by atoms with van der Waals surface area (Å²) in [6.07, 6.45) is 2.16. The van der Waals surface area contributed by atoms with E-state index in [0.29, 0.717) is 6.61 Å². The molecule has 0 aromatic carbocycles. The summed E-state index contributed by atoms with van der Waals surface area (Å²) >= 11 is 0. The summed E-state index contributed by atoms with van der Waals surface area (Å²) in [6.45, 7) is 6.83. The smallest absolute Gasteiger partial charge is 0.242 e. The molecule has 3 aliphatic rings. The van der Waals surface area contributed by atoms with Crippen LogP contribution in [0.3, 0.4) is 0 Å². The summed E-state index contributed by atoms with van der Waals surface area (Å²) < 4.78 is 11.1. The van der Waals surface area contributed by atoms with Crippen LogP contribution in [-0.4, -0.2) is 62.4 Å². The number of nitrogens with zero attached hydrogens (tertiary/aromatic N) is 1. The summed E-state index contributed by atoms with van der Waals surface area (Å²) in [5, 5.41) is 3.28. The molecule has 0 bridgehead atoms. The summed E-state index contributed by atoms with van der Waals surface area (Å²) in [4.78, 5) is 14.5. The lowest BCUT2D eigenvalue weighted by Crippen LogP contribution is -2.56. The highest BCUT2D eigenvalue weighted by Gasteiger charge is 2.44. The Hall–Kier alpha value is -0.650. The predicted molar refractivity (Wildman–Crippen MR) is 66.3 cm³/mol. The molecular formula is C13H22N2O3. The fourth-order valence-electron chi connectivity index (χ4n) is 3.30. The van der Waals surface area contributed by atoms with Crippen LogP contribution in [0.15, 0.2) is 0 Å². The molecular weight excluding hydrogens is 232 g/mol. The number of nitrogens with one attached hydrogen (secondary N) is 1. The molecule has 18 heavy (non-hydrogen) atoms. The molecule has 3 saturated heterocycles. The normalized spacial score (nSPS) is 40.6. The summed E-state index contributed by atoms with van der Waals surface area (Å²) in [7, 11) is 0. The predicted octanol–water partition coefficient (Wildman–Crippen LogP) is 0.00230. The third kappa shape index (κ3) is 2.15. The number of amides is 1. The molecule has 1 unspecified atom stereocenters. The van der Waals surface area contributed by atoms with Gasteiger partial charge in [-0.1, -0.05) is 0 Å². The van der Waals surface area contributed by atoms with Gasteiger partial charge in [-0.15, -0.1) is 0 Å². The molecule has 0 aliphatic carbocycles. The van der Waals surface area contributed by atoms with E-state index in [1.54, 1.807) is 0 Å². The minimum absolute atomic E-state index is 0.0253. The van der Waals surface area contributed by atoms with Crippen LogP contribution in [0.2, 0.25) is 0 Å². The number of likely N-dealkylation sites (tertiary alicyclic amines) is 1. The van der Waals surface area contributed by atoms with E-state index >= 15 is 0 Å². The van der Waals surface area contributed by atoms with Crippen LogP contribution in [0.25, 0.3) is 0 Å². The second-order valence-corrected chi connectivity index (χ2v) is 5.82. The van der Waals surface area contributed by atoms with Crippen molar-refractivity contribution < 1.29 is 14.3 Å². The fraction of sp³-hybridized carbons (Fsp3) is 0.923. The first kappa shape index (κ1) is 12.4. The summed E-state index contributed by atoms with van der Waals surface area (Å²) in [5.41, 5.74) is 0.244. The molecule has 0 aromatic heterocycles. The maximum atomic E-state index is 12.5. The zero-order chi connectivity index (χ0) is 12.6. The van der Waals surface area contributed by atoms with Crippen molar-refractivity contribution in [1.29, 1.82) is 0 Å². The standard InChI is InChI=1S/C13H22N2O3/c1-10-11(14-4-7-18-10)12(16)15-5-2-13(8-15)3-6-17-9-13/h10-11,14H,2-9H2,1H3/t10-,11+,13?/m1/s1. The van der Waals surface area contributed by atoms with Gasteiger partial charge in [-0.05, 0) is 19.8 Å². The average molecular weight is 254 g/mol. The monoisotopic (exact) mass is 254 g/mol. The molecule has 5 heteroatoms. The van der Waals surface area contributed by atoms with Crippen LogP contribution in [0.1, 0.15) is 19.8 Å². The first-order valence-corrected chi connectivity index (χ1v) is 6.92. The van der Waals surface area contributed by atoms with E-state index in [2.05, 4.69) is 5.32 Å². The number of carbonyl (C=O) groups excluding carboxylic acids is 1. The second-order valence-electron chi connectivity index (χ2n) is 5.82. The largest absolute Gasteiger partial charge is 0.381 e. The third-order valence-corrected chi connectivity index (χ3v) is 4.52. The van der Waals surface area contributed by atoms with Gasteiger partial charge in [-0.2, -0.15) is 0 Å². The Balaban J connectivity index is 1.63. The Morgan fingerprint density at radius 2 is 2.28 bits per heavy atom. The highest BCUT2D eigenvalue weighted by molar-refractivity contribution is 5.83. The van der Waals surface area contributed by atoms with Crippen molar-refractivity contribution in [2.45, 2.75) is 31.9 Å². The van der Waals surface area contributed by atoms with E-state index < -0.39 is 0 Å². The average Bonchev–Trinajstić information content (AvgIpc) is 3.00. The molecule has 3 atom stereocenters. The minimum atomic E-state index is -0.170.